The topological polar surface area (TPSA) is 44.8 Å². The molecule has 0 aliphatic heterocycles. The van der Waals surface area contributed by atoms with Gasteiger partial charge in [0.1, 0.15) is 11.5 Å². The van der Waals surface area contributed by atoms with E-state index in [1.807, 2.05) is 0 Å². The number of halogens is 5. The normalized spacial score (nSPS) is 12.1. The van der Waals surface area contributed by atoms with Crippen molar-refractivity contribution in [2.45, 2.75) is 31.5 Å². The lowest BCUT2D eigenvalue weighted by molar-refractivity contribution is -0.185. The van der Waals surface area contributed by atoms with Gasteiger partial charge < -0.3 is 14.2 Å². The minimum atomic E-state index is -4.19. The van der Waals surface area contributed by atoms with Crippen LogP contribution in [0.2, 0.25) is 0 Å². The molecule has 4 nitrogen and oxygen atoms in total. The molecular weight excluding hydrogens is 423 g/mol. The first-order chi connectivity index (χ1) is 14.6. The number of alkyl halides is 5. The van der Waals surface area contributed by atoms with E-state index in [0.717, 1.165) is 0 Å². The SMILES string of the molecule is COC(=O)/C=C/c1ccc(C(F)(F)Oc2ccc(OCCCCC(F)(F)F)cc2)cc1. The summed E-state index contributed by atoms with van der Waals surface area (Å²) in [5.41, 5.74) is 0.148. The van der Waals surface area contributed by atoms with Gasteiger partial charge in [-0.3, -0.25) is 0 Å². The number of carbonyl (C=O) groups excluding carboxylic acids is 1. The van der Waals surface area contributed by atoms with Gasteiger partial charge >= 0.3 is 18.3 Å². The van der Waals surface area contributed by atoms with Crippen molar-refractivity contribution in [1.82, 2.24) is 0 Å². The van der Waals surface area contributed by atoms with Crippen LogP contribution in [0.1, 0.15) is 30.4 Å². The van der Waals surface area contributed by atoms with Crippen molar-refractivity contribution in [3.8, 4) is 11.5 Å². The van der Waals surface area contributed by atoms with Gasteiger partial charge in [0.05, 0.1) is 19.3 Å². The van der Waals surface area contributed by atoms with E-state index >= 15 is 0 Å². The number of unbranched alkanes of at least 4 members (excludes halogenated alkanes) is 1. The molecule has 0 aromatic heterocycles. The van der Waals surface area contributed by atoms with E-state index in [9.17, 15) is 26.7 Å². The molecule has 0 fully saturated rings. The molecule has 0 saturated carbocycles. The molecule has 168 valence electrons. The predicted octanol–water partition coefficient (Wildman–Crippen LogP) is 6.11. The summed E-state index contributed by atoms with van der Waals surface area (Å²) < 4.78 is 79.5. The Morgan fingerprint density at radius 1 is 0.903 bits per heavy atom. The fraction of sp³-hybridized carbons (Fsp3) is 0.318. The van der Waals surface area contributed by atoms with E-state index in [0.29, 0.717) is 11.3 Å². The first kappa shape index (κ1) is 24.2. The number of esters is 1. The summed E-state index contributed by atoms with van der Waals surface area (Å²) in [4.78, 5) is 11.1. The second kappa shape index (κ2) is 10.8. The number of rotatable bonds is 10. The summed E-state index contributed by atoms with van der Waals surface area (Å²) in [5, 5.41) is 0. The molecule has 0 N–H and O–H groups in total. The van der Waals surface area contributed by atoms with Gasteiger partial charge in [0, 0.05) is 12.5 Å². The summed E-state index contributed by atoms with van der Waals surface area (Å²) >= 11 is 0. The van der Waals surface area contributed by atoms with Gasteiger partial charge in [0.2, 0.25) is 0 Å². The van der Waals surface area contributed by atoms with Crippen molar-refractivity contribution in [3.63, 3.8) is 0 Å². The van der Waals surface area contributed by atoms with Crippen molar-refractivity contribution in [1.29, 1.82) is 0 Å². The fourth-order valence-electron chi connectivity index (χ4n) is 2.45. The second-order valence-corrected chi connectivity index (χ2v) is 6.49. The van der Waals surface area contributed by atoms with E-state index in [1.54, 1.807) is 0 Å². The molecule has 2 aromatic carbocycles. The number of hydrogen-bond acceptors (Lipinski definition) is 4. The van der Waals surface area contributed by atoms with Crippen LogP contribution in [0.3, 0.4) is 0 Å². The third kappa shape index (κ3) is 8.65. The molecule has 0 heterocycles. The Morgan fingerprint density at radius 3 is 2.10 bits per heavy atom. The van der Waals surface area contributed by atoms with Crippen molar-refractivity contribution in [2.24, 2.45) is 0 Å². The van der Waals surface area contributed by atoms with Gasteiger partial charge in [-0.25, -0.2) is 4.79 Å². The molecular formula is C22H21F5O4. The maximum atomic E-state index is 14.4. The standard InChI is InChI=1S/C22H21F5O4/c1-29-20(28)13-6-16-4-7-17(8-5-16)22(26,27)31-19-11-9-18(10-12-19)30-15-3-2-14-21(23,24)25/h4-13H,2-3,14-15H2,1H3/b13-6+. The lowest BCUT2D eigenvalue weighted by atomic mass is 10.1. The molecule has 0 unspecified atom stereocenters. The first-order valence-electron chi connectivity index (χ1n) is 9.32. The molecule has 2 rings (SSSR count). The van der Waals surface area contributed by atoms with E-state index in [4.69, 9.17) is 9.47 Å². The molecule has 31 heavy (non-hydrogen) atoms. The Balaban J connectivity index is 1.88. The summed E-state index contributed by atoms with van der Waals surface area (Å²) in [6.45, 7) is 0.0865. The molecule has 0 aliphatic rings. The van der Waals surface area contributed by atoms with Crippen LogP contribution in [0.15, 0.2) is 54.6 Å². The average molecular weight is 444 g/mol. The minimum Gasteiger partial charge on any atom is -0.494 e. The van der Waals surface area contributed by atoms with Crippen LogP contribution in [-0.2, 0) is 15.6 Å². The third-order valence-corrected chi connectivity index (χ3v) is 4.05. The van der Waals surface area contributed by atoms with E-state index < -0.39 is 24.7 Å². The number of hydrogen-bond donors (Lipinski definition) is 0. The summed E-state index contributed by atoms with van der Waals surface area (Å²) in [6.07, 6.45) is -5.90. The molecule has 0 saturated heterocycles. The van der Waals surface area contributed by atoms with Crippen LogP contribution < -0.4 is 9.47 Å². The van der Waals surface area contributed by atoms with Gasteiger partial charge in [0.15, 0.2) is 0 Å². The molecule has 0 spiro atoms. The predicted molar refractivity (Wildman–Crippen MR) is 104 cm³/mol. The lowest BCUT2D eigenvalue weighted by Crippen LogP contribution is -2.21. The fourth-order valence-corrected chi connectivity index (χ4v) is 2.45. The highest BCUT2D eigenvalue weighted by Crippen LogP contribution is 2.32. The number of benzene rings is 2. The molecule has 0 amide bonds. The summed E-state index contributed by atoms with van der Waals surface area (Å²) in [6, 6.07) is 10.5. The van der Waals surface area contributed by atoms with Gasteiger partial charge in [0.25, 0.3) is 0 Å². The van der Waals surface area contributed by atoms with Crippen LogP contribution in [0.5, 0.6) is 11.5 Å². The van der Waals surface area contributed by atoms with E-state index in [1.165, 1.54) is 67.8 Å². The van der Waals surface area contributed by atoms with Crippen LogP contribution in [0.4, 0.5) is 22.0 Å². The van der Waals surface area contributed by atoms with Crippen molar-refractivity contribution in [2.75, 3.05) is 13.7 Å². The average Bonchev–Trinajstić information content (AvgIpc) is 2.72. The number of methoxy groups -OCH3 is 1. The summed E-state index contributed by atoms with van der Waals surface area (Å²) in [5.74, 6) is -0.333. The Labute approximate surface area is 176 Å². The van der Waals surface area contributed by atoms with Crippen molar-refractivity contribution in [3.05, 3.63) is 65.7 Å². The first-order valence-corrected chi connectivity index (χ1v) is 9.32. The quantitative estimate of drug-likeness (QED) is 0.192. The third-order valence-electron chi connectivity index (χ3n) is 4.05. The highest BCUT2D eigenvalue weighted by Gasteiger charge is 2.34. The van der Waals surface area contributed by atoms with Crippen LogP contribution in [-0.4, -0.2) is 25.9 Å². The smallest absolute Gasteiger partial charge is 0.426 e. The second-order valence-electron chi connectivity index (χ2n) is 6.49. The zero-order chi connectivity index (χ0) is 22.9. The Hall–Kier alpha value is -3.10. The zero-order valence-electron chi connectivity index (χ0n) is 16.6. The van der Waals surface area contributed by atoms with Crippen LogP contribution >= 0.6 is 0 Å². The maximum Gasteiger partial charge on any atom is 0.426 e. The molecule has 9 heteroatoms. The monoisotopic (exact) mass is 444 g/mol. The van der Waals surface area contributed by atoms with Crippen LogP contribution in [0.25, 0.3) is 6.08 Å². The highest BCUT2D eigenvalue weighted by atomic mass is 19.4. The largest absolute Gasteiger partial charge is 0.494 e. The Bertz CT molecular complexity index is 859. The lowest BCUT2D eigenvalue weighted by Gasteiger charge is -2.18. The number of ether oxygens (including phenoxy) is 3. The van der Waals surface area contributed by atoms with Crippen molar-refractivity contribution >= 4 is 12.0 Å². The van der Waals surface area contributed by atoms with Gasteiger partial charge in [-0.15, -0.1) is 0 Å². The Kier molecular flexibility index (Phi) is 8.41. The Morgan fingerprint density at radius 2 is 1.52 bits per heavy atom. The number of carbonyl (C=O) groups is 1. The van der Waals surface area contributed by atoms with E-state index in [2.05, 4.69) is 4.74 Å². The molecule has 0 radical (unpaired) electrons. The maximum absolute atomic E-state index is 14.4. The van der Waals surface area contributed by atoms with Crippen LogP contribution in [0, 0.1) is 0 Å². The van der Waals surface area contributed by atoms with Crippen molar-refractivity contribution < 1.29 is 41.0 Å². The molecule has 2 aromatic rings. The molecule has 0 aliphatic carbocycles. The van der Waals surface area contributed by atoms with Gasteiger partial charge in [-0.05, 0) is 60.9 Å². The van der Waals surface area contributed by atoms with Gasteiger partial charge in [-0.1, -0.05) is 12.1 Å². The molecule has 0 bridgehead atoms. The van der Waals surface area contributed by atoms with Gasteiger partial charge in [-0.2, -0.15) is 22.0 Å². The minimum absolute atomic E-state index is 0.0474. The summed E-state index contributed by atoms with van der Waals surface area (Å²) in [7, 11) is 1.23. The molecule has 0 atom stereocenters. The highest BCUT2D eigenvalue weighted by molar-refractivity contribution is 5.86. The van der Waals surface area contributed by atoms with E-state index in [-0.39, 0.29) is 30.8 Å². The zero-order valence-corrected chi connectivity index (χ0v) is 16.6.